The molecule has 1 aliphatic heterocycles. The van der Waals surface area contributed by atoms with E-state index < -0.39 is 0 Å². The van der Waals surface area contributed by atoms with Crippen molar-refractivity contribution in [1.29, 1.82) is 0 Å². The molecule has 1 saturated heterocycles. The summed E-state index contributed by atoms with van der Waals surface area (Å²) in [6.45, 7) is 3.84. The molecule has 102 valence electrons. The first-order valence-corrected chi connectivity index (χ1v) is 7.41. The second-order valence-electron chi connectivity index (χ2n) is 4.91. The zero-order valence-electron chi connectivity index (χ0n) is 11.4. The van der Waals surface area contributed by atoms with E-state index in [9.17, 15) is 0 Å². The molecule has 0 spiro atoms. The highest BCUT2D eigenvalue weighted by Crippen LogP contribution is 2.27. The summed E-state index contributed by atoms with van der Waals surface area (Å²) in [5, 5.41) is 7.96. The van der Waals surface area contributed by atoms with E-state index in [1.165, 1.54) is 10.2 Å². The second-order valence-corrected chi connectivity index (χ2v) is 5.70. The summed E-state index contributed by atoms with van der Waals surface area (Å²) in [7, 11) is 4.07. The molecule has 1 aromatic heterocycles. The molecule has 0 saturated carbocycles. The van der Waals surface area contributed by atoms with Gasteiger partial charge in [0.2, 0.25) is 0 Å². The van der Waals surface area contributed by atoms with Crippen LogP contribution in [-0.4, -0.2) is 36.1 Å². The molecule has 18 heavy (non-hydrogen) atoms. The molecular weight excluding hydrogens is 294 g/mol. The SMILES string of the molecule is CCc1nn(C)c(CC2COCCC2NC)c1Br. The molecule has 0 radical (unpaired) electrons. The molecule has 0 aliphatic carbocycles. The van der Waals surface area contributed by atoms with Gasteiger partial charge in [-0.3, -0.25) is 4.68 Å². The average Bonchev–Trinajstić information content (AvgIpc) is 2.66. The van der Waals surface area contributed by atoms with Gasteiger partial charge in [-0.1, -0.05) is 6.92 Å². The van der Waals surface area contributed by atoms with Crippen LogP contribution < -0.4 is 5.32 Å². The lowest BCUT2D eigenvalue weighted by Gasteiger charge is -2.31. The molecule has 2 atom stereocenters. The van der Waals surface area contributed by atoms with Crippen molar-refractivity contribution in [3.8, 4) is 0 Å². The quantitative estimate of drug-likeness (QED) is 0.922. The van der Waals surface area contributed by atoms with Crippen molar-refractivity contribution in [3.63, 3.8) is 0 Å². The Kier molecular flexibility index (Phi) is 4.81. The van der Waals surface area contributed by atoms with Crippen LogP contribution in [0.15, 0.2) is 4.47 Å². The zero-order chi connectivity index (χ0) is 13.1. The third kappa shape index (κ3) is 2.78. The van der Waals surface area contributed by atoms with Crippen LogP contribution in [0.2, 0.25) is 0 Å². The minimum atomic E-state index is 0.528. The lowest BCUT2D eigenvalue weighted by atomic mass is 9.91. The van der Waals surface area contributed by atoms with Crippen LogP contribution in [0.4, 0.5) is 0 Å². The number of aryl methyl sites for hydroxylation is 2. The average molecular weight is 316 g/mol. The molecular formula is C13H22BrN3O. The van der Waals surface area contributed by atoms with Crippen molar-refractivity contribution < 1.29 is 4.74 Å². The first kappa shape index (κ1) is 14.0. The summed E-state index contributed by atoms with van der Waals surface area (Å²) in [6, 6.07) is 0.547. The van der Waals surface area contributed by atoms with Crippen molar-refractivity contribution in [2.75, 3.05) is 20.3 Å². The highest BCUT2D eigenvalue weighted by Gasteiger charge is 2.27. The van der Waals surface area contributed by atoms with Crippen molar-refractivity contribution in [1.82, 2.24) is 15.1 Å². The van der Waals surface area contributed by atoms with E-state index in [2.05, 4.69) is 33.3 Å². The predicted octanol–water partition coefficient (Wildman–Crippen LogP) is 1.91. The third-order valence-corrected chi connectivity index (χ3v) is 4.72. The minimum absolute atomic E-state index is 0.528. The molecule has 1 aromatic rings. The summed E-state index contributed by atoms with van der Waals surface area (Å²) in [5.41, 5.74) is 2.42. The molecule has 5 heteroatoms. The summed E-state index contributed by atoms with van der Waals surface area (Å²) < 4.78 is 8.79. The highest BCUT2D eigenvalue weighted by molar-refractivity contribution is 9.10. The van der Waals surface area contributed by atoms with Crippen molar-refractivity contribution in [3.05, 3.63) is 15.9 Å². The van der Waals surface area contributed by atoms with Gasteiger partial charge in [0, 0.05) is 25.6 Å². The molecule has 0 bridgehead atoms. The van der Waals surface area contributed by atoms with E-state index in [1.54, 1.807) is 0 Å². The number of nitrogens with zero attached hydrogens (tertiary/aromatic N) is 2. The molecule has 0 aromatic carbocycles. The van der Waals surface area contributed by atoms with Crippen LogP contribution in [0, 0.1) is 5.92 Å². The van der Waals surface area contributed by atoms with Crippen LogP contribution in [-0.2, 0) is 24.6 Å². The van der Waals surface area contributed by atoms with Crippen molar-refractivity contribution in [2.24, 2.45) is 13.0 Å². The topological polar surface area (TPSA) is 39.1 Å². The van der Waals surface area contributed by atoms with Crippen LogP contribution in [0.3, 0.4) is 0 Å². The van der Waals surface area contributed by atoms with Crippen molar-refractivity contribution >= 4 is 15.9 Å². The maximum atomic E-state index is 5.61. The van der Waals surface area contributed by atoms with Crippen LogP contribution >= 0.6 is 15.9 Å². The second kappa shape index (κ2) is 6.17. The standard InChI is InChI=1S/C13H22BrN3O/c1-4-10-13(14)12(17(3)16-10)7-9-8-18-6-5-11(9)15-2/h9,11,15H,4-8H2,1-3H3. The van der Waals surface area contributed by atoms with Gasteiger partial charge in [-0.2, -0.15) is 5.10 Å². The van der Waals surface area contributed by atoms with Gasteiger partial charge in [-0.05, 0) is 42.2 Å². The van der Waals surface area contributed by atoms with E-state index in [0.717, 1.165) is 38.2 Å². The summed E-state index contributed by atoms with van der Waals surface area (Å²) in [5.74, 6) is 0.528. The number of aromatic nitrogens is 2. The van der Waals surface area contributed by atoms with Gasteiger partial charge in [-0.25, -0.2) is 0 Å². The Hall–Kier alpha value is -0.390. The van der Waals surface area contributed by atoms with Gasteiger partial charge in [0.15, 0.2) is 0 Å². The van der Waals surface area contributed by atoms with Gasteiger partial charge < -0.3 is 10.1 Å². The highest BCUT2D eigenvalue weighted by atomic mass is 79.9. The molecule has 2 heterocycles. The molecule has 1 aliphatic rings. The number of hydrogen-bond donors (Lipinski definition) is 1. The maximum Gasteiger partial charge on any atom is 0.0766 e. The van der Waals surface area contributed by atoms with Gasteiger partial charge in [-0.15, -0.1) is 0 Å². The maximum absolute atomic E-state index is 5.61. The minimum Gasteiger partial charge on any atom is -0.381 e. The van der Waals surface area contributed by atoms with Crippen LogP contribution in [0.1, 0.15) is 24.7 Å². The molecule has 2 rings (SSSR count). The number of ether oxygens (including phenoxy) is 1. The Balaban J connectivity index is 2.15. The fourth-order valence-corrected chi connectivity index (χ4v) is 3.45. The monoisotopic (exact) mass is 315 g/mol. The smallest absolute Gasteiger partial charge is 0.0766 e. The summed E-state index contributed by atoms with van der Waals surface area (Å²) >= 11 is 3.69. The molecule has 0 amide bonds. The summed E-state index contributed by atoms with van der Waals surface area (Å²) in [6.07, 6.45) is 3.07. The Morgan fingerprint density at radius 2 is 2.33 bits per heavy atom. The molecule has 1 fully saturated rings. The van der Waals surface area contributed by atoms with Crippen LogP contribution in [0.25, 0.3) is 0 Å². The Morgan fingerprint density at radius 1 is 1.56 bits per heavy atom. The van der Waals surface area contributed by atoms with Crippen molar-refractivity contribution in [2.45, 2.75) is 32.2 Å². The zero-order valence-corrected chi connectivity index (χ0v) is 13.0. The first-order valence-electron chi connectivity index (χ1n) is 6.62. The van der Waals surface area contributed by atoms with Gasteiger partial charge in [0.1, 0.15) is 0 Å². The molecule has 1 N–H and O–H groups in total. The van der Waals surface area contributed by atoms with E-state index in [-0.39, 0.29) is 0 Å². The number of rotatable bonds is 4. The largest absolute Gasteiger partial charge is 0.381 e. The Bertz CT molecular complexity index is 405. The lowest BCUT2D eigenvalue weighted by molar-refractivity contribution is 0.0335. The van der Waals surface area contributed by atoms with E-state index in [4.69, 9.17) is 4.74 Å². The predicted molar refractivity (Wildman–Crippen MR) is 75.8 cm³/mol. The third-order valence-electron chi connectivity index (χ3n) is 3.80. The normalized spacial score (nSPS) is 24.4. The fraction of sp³-hybridized carbons (Fsp3) is 0.769. The number of halogens is 1. The molecule has 4 nitrogen and oxygen atoms in total. The van der Waals surface area contributed by atoms with Gasteiger partial charge >= 0.3 is 0 Å². The first-order chi connectivity index (χ1) is 8.67. The molecule has 2 unspecified atom stereocenters. The Labute approximate surface area is 117 Å². The Morgan fingerprint density at radius 3 is 2.94 bits per heavy atom. The lowest BCUT2D eigenvalue weighted by Crippen LogP contribution is -2.42. The van der Waals surface area contributed by atoms with E-state index >= 15 is 0 Å². The fourth-order valence-electron chi connectivity index (χ4n) is 2.67. The van der Waals surface area contributed by atoms with Gasteiger partial charge in [0.05, 0.1) is 22.5 Å². The van der Waals surface area contributed by atoms with E-state index in [0.29, 0.717) is 12.0 Å². The van der Waals surface area contributed by atoms with E-state index in [1.807, 2.05) is 18.8 Å². The van der Waals surface area contributed by atoms with Crippen LogP contribution in [0.5, 0.6) is 0 Å². The summed E-state index contributed by atoms with van der Waals surface area (Å²) in [4.78, 5) is 0. The number of hydrogen-bond acceptors (Lipinski definition) is 3. The van der Waals surface area contributed by atoms with Gasteiger partial charge in [0.25, 0.3) is 0 Å². The number of nitrogens with one attached hydrogen (secondary N) is 1.